The summed E-state index contributed by atoms with van der Waals surface area (Å²) in [5, 5.41) is 3.41. The lowest BCUT2D eigenvalue weighted by Gasteiger charge is -2.32. The molecule has 8 nitrogen and oxygen atoms in total. The molecular weight excluding hydrogens is 598 g/mol. The van der Waals surface area contributed by atoms with Gasteiger partial charge in [0.05, 0.1) is 10.6 Å². The van der Waals surface area contributed by atoms with Crippen molar-refractivity contribution in [3.63, 3.8) is 0 Å². The van der Waals surface area contributed by atoms with Crippen LogP contribution in [0, 0.1) is 0 Å². The number of benzene rings is 4. The molecule has 230 valence electrons. The molecule has 0 aliphatic rings. The summed E-state index contributed by atoms with van der Waals surface area (Å²) in [7, 11) is -4.18. The number of ether oxygens (including phenoxy) is 1. The molecule has 2 amide bonds. The molecule has 0 saturated carbocycles. The molecule has 0 heterocycles. The van der Waals surface area contributed by atoms with Gasteiger partial charge in [-0.25, -0.2) is 8.42 Å². The fourth-order valence-corrected chi connectivity index (χ4v) is 6.08. The highest BCUT2D eigenvalue weighted by Crippen LogP contribution is 2.28. The van der Waals surface area contributed by atoms with Gasteiger partial charge >= 0.3 is 0 Å². The van der Waals surface area contributed by atoms with Crippen molar-refractivity contribution in [2.75, 3.05) is 10.8 Å². The standard InChI is InChI=1S/C34H36ClN3O5S/c1-4-25(2)36-34(40)26(3)37(23-27-12-11-13-28(35)22-27)33(39)24-38(44(41,42)32-16-9-6-10-17-32)29-18-20-31(21-19-29)43-30-14-7-5-8-15-30/h5-22,25-26H,4,23-24H2,1-3H3,(H,36,40). The van der Waals surface area contributed by atoms with Gasteiger partial charge in [-0.05, 0) is 86.5 Å². The highest BCUT2D eigenvalue weighted by Gasteiger charge is 2.32. The van der Waals surface area contributed by atoms with E-state index in [-0.39, 0.29) is 29.1 Å². The Morgan fingerprint density at radius 2 is 1.45 bits per heavy atom. The third-order valence-electron chi connectivity index (χ3n) is 7.12. The van der Waals surface area contributed by atoms with Gasteiger partial charge in [-0.2, -0.15) is 0 Å². The largest absolute Gasteiger partial charge is 0.457 e. The molecule has 4 rings (SSSR count). The zero-order valence-corrected chi connectivity index (χ0v) is 26.5. The Balaban J connectivity index is 1.69. The van der Waals surface area contributed by atoms with Gasteiger partial charge < -0.3 is 15.0 Å². The predicted octanol–water partition coefficient (Wildman–Crippen LogP) is 6.66. The number of hydrogen-bond acceptors (Lipinski definition) is 5. The Hall–Kier alpha value is -4.34. The molecule has 10 heteroatoms. The van der Waals surface area contributed by atoms with Crippen LogP contribution in [0.4, 0.5) is 5.69 Å². The quantitative estimate of drug-likeness (QED) is 0.178. The average Bonchev–Trinajstić information content (AvgIpc) is 3.03. The van der Waals surface area contributed by atoms with Crippen LogP contribution in [0.15, 0.2) is 114 Å². The number of sulfonamides is 1. The van der Waals surface area contributed by atoms with Gasteiger partial charge in [-0.3, -0.25) is 13.9 Å². The van der Waals surface area contributed by atoms with Gasteiger partial charge in [-0.15, -0.1) is 0 Å². The summed E-state index contributed by atoms with van der Waals surface area (Å²) in [6.07, 6.45) is 0.716. The van der Waals surface area contributed by atoms with E-state index in [1.807, 2.05) is 44.2 Å². The number of nitrogens with one attached hydrogen (secondary N) is 1. The lowest BCUT2D eigenvalue weighted by molar-refractivity contribution is -0.139. The van der Waals surface area contributed by atoms with Crippen molar-refractivity contribution in [3.05, 3.63) is 120 Å². The van der Waals surface area contributed by atoms with Gasteiger partial charge in [0.1, 0.15) is 24.1 Å². The molecule has 0 fully saturated rings. The summed E-state index contributed by atoms with van der Waals surface area (Å²) in [6.45, 7) is 4.97. The predicted molar refractivity (Wildman–Crippen MR) is 173 cm³/mol. The number of carbonyl (C=O) groups excluding carboxylic acids is 2. The fraction of sp³-hybridized carbons (Fsp3) is 0.235. The molecule has 0 radical (unpaired) electrons. The molecule has 0 aliphatic carbocycles. The lowest BCUT2D eigenvalue weighted by atomic mass is 10.1. The lowest BCUT2D eigenvalue weighted by Crippen LogP contribution is -2.52. The van der Waals surface area contributed by atoms with Crippen molar-refractivity contribution in [3.8, 4) is 11.5 Å². The van der Waals surface area contributed by atoms with Crippen LogP contribution < -0.4 is 14.4 Å². The number of nitrogens with zero attached hydrogens (tertiary/aromatic N) is 2. The highest BCUT2D eigenvalue weighted by atomic mass is 35.5. The molecule has 0 bridgehead atoms. The molecule has 0 spiro atoms. The summed E-state index contributed by atoms with van der Waals surface area (Å²) in [5.41, 5.74) is 0.968. The first-order chi connectivity index (χ1) is 21.1. The number of amides is 2. The maximum Gasteiger partial charge on any atom is 0.264 e. The van der Waals surface area contributed by atoms with E-state index in [9.17, 15) is 18.0 Å². The minimum absolute atomic E-state index is 0.0290. The minimum atomic E-state index is -4.18. The number of carbonyl (C=O) groups is 2. The first-order valence-corrected chi connectivity index (χ1v) is 16.2. The zero-order chi connectivity index (χ0) is 31.7. The molecule has 4 aromatic rings. The number of rotatable bonds is 13. The normalized spacial score (nSPS) is 12.5. The monoisotopic (exact) mass is 633 g/mol. The topological polar surface area (TPSA) is 96.0 Å². The van der Waals surface area contributed by atoms with Gasteiger partial charge in [0.15, 0.2) is 0 Å². The van der Waals surface area contributed by atoms with Crippen LogP contribution in [-0.2, 0) is 26.2 Å². The molecule has 2 unspecified atom stereocenters. The van der Waals surface area contributed by atoms with Crippen LogP contribution >= 0.6 is 11.6 Å². The van der Waals surface area contributed by atoms with E-state index in [0.29, 0.717) is 28.5 Å². The van der Waals surface area contributed by atoms with Crippen LogP contribution in [-0.4, -0.2) is 43.8 Å². The van der Waals surface area contributed by atoms with E-state index in [2.05, 4.69) is 5.32 Å². The summed E-state index contributed by atoms with van der Waals surface area (Å²) in [5.74, 6) is 0.238. The third-order valence-corrected chi connectivity index (χ3v) is 9.15. The molecule has 0 aliphatic heterocycles. The number of anilines is 1. The molecule has 1 N–H and O–H groups in total. The van der Waals surface area contributed by atoms with Crippen molar-refractivity contribution in [1.29, 1.82) is 0 Å². The summed E-state index contributed by atoms with van der Waals surface area (Å²) < 4.78 is 34.9. The Morgan fingerprint density at radius 1 is 0.841 bits per heavy atom. The van der Waals surface area contributed by atoms with E-state index >= 15 is 0 Å². The number of para-hydroxylation sites is 1. The smallest absolute Gasteiger partial charge is 0.264 e. The second-order valence-corrected chi connectivity index (χ2v) is 12.7. The second-order valence-electron chi connectivity index (χ2n) is 10.4. The average molecular weight is 634 g/mol. The SMILES string of the molecule is CCC(C)NC(=O)C(C)N(Cc1cccc(Cl)c1)C(=O)CN(c1ccc(Oc2ccccc2)cc1)S(=O)(=O)c1ccccc1. The zero-order valence-electron chi connectivity index (χ0n) is 24.9. The minimum Gasteiger partial charge on any atom is -0.457 e. The molecule has 44 heavy (non-hydrogen) atoms. The maximum absolute atomic E-state index is 14.1. The Kier molecular flexibility index (Phi) is 11.0. The van der Waals surface area contributed by atoms with E-state index in [1.165, 1.54) is 17.0 Å². The number of halogens is 1. The first kappa shape index (κ1) is 32.6. The molecular formula is C34H36ClN3O5S. The van der Waals surface area contributed by atoms with Gasteiger partial charge in [0.2, 0.25) is 11.8 Å². The van der Waals surface area contributed by atoms with Crippen molar-refractivity contribution >= 4 is 39.1 Å². The fourth-order valence-electron chi connectivity index (χ4n) is 4.43. The van der Waals surface area contributed by atoms with Crippen LogP contribution in [0.2, 0.25) is 5.02 Å². The van der Waals surface area contributed by atoms with Crippen molar-refractivity contribution in [2.45, 2.75) is 50.7 Å². The molecule has 0 aromatic heterocycles. The van der Waals surface area contributed by atoms with Gasteiger partial charge in [-0.1, -0.05) is 67.1 Å². The number of hydrogen-bond donors (Lipinski definition) is 1. The van der Waals surface area contributed by atoms with Gasteiger partial charge in [0.25, 0.3) is 10.0 Å². The Bertz CT molecular complexity index is 1650. The van der Waals surface area contributed by atoms with Crippen molar-refractivity contribution in [2.24, 2.45) is 0 Å². The summed E-state index contributed by atoms with van der Waals surface area (Å²) >= 11 is 6.21. The van der Waals surface area contributed by atoms with E-state index in [1.54, 1.807) is 73.7 Å². The first-order valence-electron chi connectivity index (χ1n) is 14.3. The van der Waals surface area contributed by atoms with Crippen LogP contribution in [0.5, 0.6) is 11.5 Å². The van der Waals surface area contributed by atoms with Crippen LogP contribution in [0.3, 0.4) is 0 Å². The Morgan fingerprint density at radius 3 is 2.07 bits per heavy atom. The molecule has 0 saturated heterocycles. The molecule has 2 atom stereocenters. The van der Waals surface area contributed by atoms with E-state index in [0.717, 1.165) is 4.31 Å². The summed E-state index contributed by atoms with van der Waals surface area (Å²) in [4.78, 5) is 28.7. The van der Waals surface area contributed by atoms with Crippen molar-refractivity contribution < 1.29 is 22.7 Å². The van der Waals surface area contributed by atoms with Crippen LogP contribution in [0.1, 0.15) is 32.8 Å². The van der Waals surface area contributed by atoms with Crippen LogP contribution in [0.25, 0.3) is 0 Å². The third kappa shape index (κ3) is 8.39. The highest BCUT2D eigenvalue weighted by molar-refractivity contribution is 7.92. The second kappa shape index (κ2) is 14.9. The van der Waals surface area contributed by atoms with E-state index in [4.69, 9.17) is 16.3 Å². The van der Waals surface area contributed by atoms with E-state index < -0.39 is 28.5 Å². The molecule has 4 aromatic carbocycles. The maximum atomic E-state index is 14.1. The van der Waals surface area contributed by atoms with Crippen molar-refractivity contribution in [1.82, 2.24) is 10.2 Å². The summed E-state index contributed by atoms with van der Waals surface area (Å²) in [6, 6.07) is 29.6. The Labute approximate surface area is 264 Å². The van der Waals surface area contributed by atoms with Gasteiger partial charge in [0, 0.05) is 17.6 Å².